The van der Waals surface area contributed by atoms with E-state index in [1.807, 2.05) is 68.6 Å². The van der Waals surface area contributed by atoms with Gasteiger partial charge in [0.15, 0.2) is 11.9 Å². The third kappa shape index (κ3) is 4.87. The first-order chi connectivity index (χ1) is 17.5. The van der Waals surface area contributed by atoms with Gasteiger partial charge in [0.25, 0.3) is 5.91 Å². The lowest BCUT2D eigenvalue weighted by Gasteiger charge is -2.32. The van der Waals surface area contributed by atoms with Crippen molar-refractivity contribution in [3.63, 3.8) is 0 Å². The van der Waals surface area contributed by atoms with Gasteiger partial charge in [0.1, 0.15) is 5.82 Å². The van der Waals surface area contributed by atoms with Crippen molar-refractivity contribution in [2.24, 2.45) is 7.05 Å². The van der Waals surface area contributed by atoms with Crippen LogP contribution in [0.15, 0.2) is 54.6 Å². The van der Waals surface area contributed by atoms with Crippen LogP contribution in [0.2, 0.25) is 0 Å². The van der Waals surface area contributed by atoms with Gasteiger partial charge in [0, 0.05) is 32.0 Å². The minimum atomic E-state index is -0.737. The molecule has 9 heteroatoms. The van der Waals surface area contributed by atoms with Gasteiger partial charge in [-0.2, -0.15) is 5.10 Å². The standard InChI is InChI=1S/C27H30N6O3/c1-18-25(19-9-4-3-5-10-19)30-31-26(18)29-27(35)22-17-33(15-16-36-22)24(34)14-8-13-23-28-20-11-6-7-12-21(20)32(23)2/h3-7,9-12,22H,8,13-17H2,1-2H3,(H2,29,30,31,35). The van der Waals surface area contributed by atoms with E-state index in [2.05, 4.69) is 25.1 Å². The molecule has 0 saturated carbocycles. The number of anilines is 1. The number of amides is 2. The number of para-hydroxylation sites is 2. The molecular formula is C27H30N6O3. The van der Waals surface area contributed by atoms with Gasteiger partial charge in [-0.1, -0.05) is 42.5 Å². The lowest BCUT2D eigenvalue weighted by Crippen LogP contribution is -2.50. The molecule has 2 aromatic heterocycles. The Hall–Kier alpha value is -3.98. The van der Waals surface area contributed by atoms with Gasteiger partial charge >= 0.3 is 0 Å². The van der Waals surface area contributed by atoms with Crippen LogP contribution >= 0.6 is 0 Å². The molecule has 0 spiro atoms. The number of hydrogen-bond donors (Lipinski definition) is 2. The average Bonchev–Trinajstić information content (AvgIpc) is 3.43. The van der Waals surface area contributed by atoms with Crippen LogP contribution in [0.4, 0.5) is 5.82 Å². The predicted molar refractivity (Wildman–Crippen MR) is 137 cm³/mol. The van der Waals surface area contributed by atoms with E-state index in [1.54, 1.807) is 4.90 Å². The number of rotatable bonds is 7. The van der Waals surface area contributed by atoms with E-state index >= 15 is 0 Å². The quantitative estimate of drug-likeness (QED) is 0.416. The van der Waals surface area contributed by atoms with Crippen molar-refractivity contribution in [3.05, 3.63) is 66.0 Å². The van der Waals surface area contributed by atoms with E-state index < -0.39 is 6.10 Å². The Bertz CT molecular complexity index is 1380. The lowest BCUT2D eigenvalue weighted by molar-refractivity contribution is -0.144. The number of aryl methyl sites for hydroxylation is 2. The molecule has 0 aliphatic carbocycles. The molecule has 1 fully saturated rings. The van der Waals surface area contributed by atoms with Crippen molar-refractivity contribution in [1.29, 1.82) is 0 Å². The summed E-state index contributed by atoms with van der Waals surface area (Å²) in [6.45, 7) is 2.94. The Balaban J connectivity index is 1.15. The van der Waals surface area contributed by atoms with Crippen LogP contribution in [0.5, 0.6) is 0 Å². The monoisotopic (exact) mass is 486 g/mol. The number of aromatic amines is 1. The van der Waals surface area contributed by atoms with Crippen LogP contribution in [0.25, 0.3) is 22.3 Å². The molecule has 4 aromatic rings. The number of morpholine rings is 1. The van der Waals surface area contributed by atoms with Crippen LogP contribution in [0, 0.1) is 6.92 Å². The van der Waals surface area contributed by atoms with E-state index in [9.17, 15) is 9.59 Å². The zero-order chi connectivity index (χ0) is 25.1. The Morgan fingerprint density at radius 3 is 2.72 bits per heavy atom. The molecule has 186 valence electrons. The fraction of sp³-hybridized carbons (Fsp3) is 0.333. The fourth-order valence-electron chi connectivity index (χ4n) is 4.61. The minimum Gasteiger partial charge on any atom is -0.365 e. The fourth-order valence-corrected chi connectivity index (χ4v) is 4.61. The van der Waals surface area contributed by atoms with Crippen molar-refractivity contribution in [1.82, 2.24) is 24.6 Å². The van der Waals surface area contributed by atoms with Gasteiger partial charge in [-0.05, 0) is 31.0 Å². The second-order valence-corrected chi connectivity index (χ2v) is 9.06. The topological polar surface area (TPSA) is 105 Å². The van der Waals surface area contributed by atoms with Gasteiger partial charge in [0.2, 0.25) is 5.91 Å². The van der Waals surface area contributed by atoms with E-state index in [0.717, 1.165) is 33.7 Å². The molecular weight excluding hydrogens is 456 g/mol. The minimum absolute atomic E-state index is 0.0252. The average molecular weight is 487 g/mol. The van der Waals surface area contributed by atoms with Crippen molar-refractivity contribution in [2.45, 2.75) is 32.3 Å². The highest BCUT2D eigenvalue weighted by molar-refractivity contribution is 5.95. The highest BCUT2D eigenvalue weighted by Crippen LogP contribution is 2.26. The molecule has 1 unspecified atom stereocenters. The Kier molecular flexibility index (Phi) is 6.81. The molecule has 36 heavy (non-hydrogen) atoms. The number of H-pyrrole nitrogens is 1. The molecule has 2 N–H and O–H groups in total. The van der Waals surface area contributed by atoms with Gasteiger partial charge < -0.3 is 19.5 Å². The highest BCUT2D eigenvalue weighted by Gasteiger charge is 2.30. The molecule has 2 amide bonds. The normalized spacial score (nSPS) is 15.8. The predicted octanol–water partition coefficient (Wildman–Crippen LogP) is 3.46. The van der Waals surface area contributed by atoms with Crippen LogP contribution in [0.1, 0.15) is 24.2 Å². The number of nitrogens with one attached hydrogen (secondary N) is 2. The Morgan fingerprint density at radius 1 is 1.14 bits per heavy atom. The molecule has 1 saturated heterocycles. The summed E-state index contributed by atoms with van der Waals surface area (Å²) in [5.74, 6) is 1.15. The highest BCUT2D eigenvalue weighted by atomic mass is 16.5. The summed E-state index contributed by atoms with van der Waals surface area (Å²) in [7, 11) is 2.00. The summed E-state index contributed by atoms with van der Waals surface area (Å²) < 4.78 is 7.77. The number of fused-ring (bicyclic) bond motifs is 1. The van der Waals surface area contributed by atoms with Crippen molar-refractivity contribution >= 4 is 28.7 Å². The maximum Gasteiger partial charge on any atom is 0.256 e. The summed E-state index contributed by atoms with van der Waals surface area (Å²) in [4.78, 5) is 32.2. The Labute approximate surface area is 209 Å². The van der Waals surface area contributed by atoms with Crippen molar-refractivity contribution in [2.75, 3.05) is 25.0 Å². The van der Waals surface area contributed by atoms with Crippen molar-refractivity contribution < 1.29 is 14.3 Å². The maximum atomic E-state index is 12.9. The second kappa shape index (κ2) is 10.3. The third-order valence-electron chi connectivity index (χ3n) is 6.70. The number of carbonyl (C=O) groups excluding carboxylic acids is 2. The Morgan fingerprint density at radius 2 is 1.92 bits per heavy atom. The SMILES string of the molecule is Cc1c(NC(=O)C2CN(C(=O)CCCc3nc4ccccc4n3C)CCO2)n[nH]c1-c1ccccc1. The maximum absolute atomic E-state index is 12.9. The smallest absolute Gasteiger partial charge is 0.256 e. The number of carbonyl (C=O) groups is 2. The van der Waals surface area contributed by atoms with Crippen LogP contribution in [-0.2, 0) is 27.8 Å². The molecule has 2 aromatic carbocycles. The summed E-state index contributed by atoms with van der Waals surface area (Å²) >= 11 is 0. The molecule has 0 radical (unpaired) electrons. The summed E-state index contributed by atoms with van der Waals surface area (Å²) in [5, 5.41) is 10.1. The van der Waals surface area contributed by atoms with Gasteiger partial charge in [-0.15, -0.1) is 0 Å². The number of hydrogen-bond acceptors (Lipinski definition) is 5. The number of benzene rings is 2. The number of aromatic nitrogens is 4. The molecule has 1 atom stereocenters. The lowest BCUT2D eigenvalue weighted by atomic mass is 10.1. The van der Waals surface area contributed by atoms with Gasteiger partial charge in [-0.3, -0.25) is 14.7 Å². The largest absolute Gasteiger partial charge is 0.365 e. The van der Waals surface area contributed by atoms with E-state index in [4.69, 9.17) is 4.74 Å². The first-order valence-electron chi connectivity index (χ1n) is 12.2. The molecule has 1 aliphatic rings. The van der Waals surface area contributed by atoms with Gasteiger partial charge in [0.05, 0.1) is 29.9 Å². The molecule has 0 bridgehead atoms. The third-order valence-corrected chi connectivity index (χ3v) is 6.70. The van der Waals surface area contributed by atoms with Crippen LogP contribution in [0.3, 0.4) is 0 Å². The number of ether oxygens (including phenoxy) is 1. The summed E-state index contributed by atoms with van der Waals surface area (Å²) in [5.41, 5.74) is 4.75. The molecule has 9 nitrogen and oxygen atoms in total. The molecule has 5 rings (SSSR count). The van der Waals surface area contributed by atoms with Crippen LogP contribution in [-0.4, -0.2) is 62.3 Å². The molecule has 1 aliphatic heterocycles. The summed E-state index contributed by atoms with van der Waals surface area (Å²) in [6.07, 6.45) is 1.07. The zero-order valence-corrected chi connectivity index (χ0v) is 20.5. The summed E-state index contributed by atoms with van der Waals surface area (Å²) in [6, 6.07) is 17.8. The van der Waals surface area contributed by atoms with E-state index in [-0.39, 0.29) is 18.4 Å². The zero-order valence-electron chi connectivity index (χ0n) is 20.5. The number of nitrogens with zero attached hydrogens (tertiary/aromatic N) is 4. The molecule has 3 heterocycles. The van der Waals surface area contributed by atoms with Crippen molar-refractivity contribution in [3.8, 4) is 11.3 Å². The first-order valence-corrected chi connectivity index (χ1v) is 12.2. The first kappa shape index (κ1) is 23.7. The van der Waals surface area contributed by atoms with E-state index in [1.165, 1.54) is 0 Å². The second-order valence-electron chi connectivity index (χ2n) is 9.06. The van der Waals surface area contributed by atoms with Crippen LogP contribution < -0.4 is 5.32 Å². The van der Waals surface area contributed by atoms with E-state index in [0.29, 0.717) is 38.2 Å². The number of imidazole rings is 1. The van der Waals surface area contributed by atoms with Gasteiger partial charge in [-0.25, -0.2) is 4.98 Å².